The van der Waals surface area contributed by atoms with Gasteiger partial charge in [0.1, 0.15) is 29.6 Å². The van der Waals surface area contributed by atoms with Gasteiger partial charge in [0.25, 0.3) is 0 Å². The number of ether oxygens (including phenoxy) is 1. The summed E-state index contributed by atoms with van der Waals surface area (Å²) in [5.41, 5.74) is 4.86. The molecule has 38 heavy (non-hydrogen) atoms. The van der Waals surface area contributed by atoms with Crippen LogP contribution in [0, 0.1) is 12.7 Å². The van der Waals surface area contributed by atoms with E-state index < -0.39 is 5.97 Å². The van der Waals surface area contributed by atoms with E-state index in [1.807, 2.05) is 67.7 Å². The molecule has 7 nitrogen and oxygen atoms in total. The minimum absolute atomic E-state index is 0.0102. The van der Waals surface area contributed by atoms with Gasteiger partial charge in [0.2, 0.25) is 5.89 Å². The van der Waals surface area contributed by atoms with Gasteiger partial charge in [-0.25, -0.2) is 9.37 Å². The van der Waals surface area contributed by atoms with E-state index in [0.29, 0.717) is 30.3 Å². The predicted octanol–water partition coefficient (Wildman–Crippen LogP) is 6.30. The minimum Gasteiger partial charge on any atom is -0.487 e. The van der Waals surface area contributed by atoms with Crippen molar-refractivity contribution in [1.29, 1.82) is 0 Å². The van der Waals surface area contributed by atoms with Gasteiger partial charge < -0.3 is 14.3 Å². The molecule has 0 atom stereocenters. The van der Waals surface area contributed by atoms with Crippen molar-refractivity contribution in [2.45, 2.75) is 32.9 Å². The van der Waals surface area contributed by atoms with Crippen molar-refractivity contribution >= 4 is 5.97 Å². The Kier molecular flexibility index (Phi) is 7.31. The van der Waals surface area contributed by atoms with Crippen molar-refractivity contribution in [2.24, 2.45) is 0 Å². The van der Waals surface area contributed by atoms with Gasteiger partial charge in [0.05, 0.1) is 12.2 Å². The van der Waals surface area contributed by atoms with Gasteiger partial charge in [-0.15, -0.1) is 0 Å². The number of halogens is 1. The molecule has 0 amide bonds. The summed E-state index contributed by atoms with van der Waals surface area (Å²) in [5, 5.41) is 13.8. The first-order chi connectivity index (χ1) is 18.4. The molecule has 5 rings (SSSR count). The third-order valence-corrected chi connectivity index (χ3v) is 6.12. The van der Waals surface area contributed by atoms with E-state index in [2.05, 4.69) is 10.1 Å². The maximum atomic E-state index is 13.4. The Morgan fingerprint density at radius 3 is 2.45 bits per heavy atom. The van der Waals surface area contributed by atoms with Gasteiger partial charge in [0.15, 0.2) is 0 Å². The summed E-state index contributed by atoms with van der Waals surface area (Å²) >= 11 is 0. The Hall–Kier alpha value is -4.72. The first kappa shape index (κ1) is 25.0. The monoisotopic (exact) mass is 511 g/mol. The molecule has 0 aliphatic heterocycles. The molecule has 3 aromatic carbocycles. The Bertz CT molecular complexity index is 1520. The van der Waals surface area contributed by atoms with Gasteiger partial charge in [-0.1, -0.05) is 30.3 Å². The van der Waals surface area contributed by atoms with Crippen LogP contribution in [0.3, 0.4) is 0 Å². The number of rotatable bonds is 10. The highest BCUT2D eigenvalue weighted by Crippen LogP contribution is 2.25. The van der Waals surface area contributed by atoms with Gasteiger partial charge in [0, 0.05) is 23.7 Å². The van der Waals surface area contributed by atoms with Crippen LogP contribution in [-0.2, 0) is 24.4 Å². The van der Waals surface area contributed by atoms with Gasteiger partial charge >= 0.3 is 5.97 Å². The summed E-state index contributed by atoms with van der Waals surface area (Å²) in [6.45, 7) is 2.65. The zero-order chi connectivity index (χ0) is 26.5. The number of hydrogen-bond donors (Lipinski definition) is 1. The van der Waals surface area contributed by atoms with Crippen molar-refractivity contribution in [3.05, 3.63) is 113 Å². The second-order valence-electron chi connectivity index (χ2n) is 8.92. The van der Waals surface area contributed by atoms with Gasteiger partial charge in [-0.05, 0) is 73.0 Å². The molecule has 0 radical (unpaired) electrons. The molecular formula is C30H26FN3O4. The lowest BCUT2D eigenvalue weighted by atomic mass is 10.0. The number of aryl methyl sites for hydroxylation is 2. The highest BCUT2D eigenvalue weighted by atomic mass is 19.1. The van der Waals surface area contributed by atoms with E-state index in [0.717, 1.165) is 33.7 Å². The molecule has 0 unspecified atom stereocenters. The SMILES string of the molecule is Cc1oc(-c2ccccc2)nc1COc1ccc(Cn2cc(CCC(=O)O)c(-c3ccc(F)cc3)n2)cc1. The number of carboxylic acids is 1. The number of hydrogen-bond acceptors (Lipinski definition) is 5. The normalized spacial score (nSPS) is 11.0. The molecule has 0 aliphatic carbocycles. The number of carboxylic acid groups (broad SMARTS) is 1. The number of nitrogens with zero attached hydrogens (tertiary/aromatic N) is 3. The Morgan fingerprint density at radius 2 is 1.74 bits per heavy atom. The predicted molar refractivity (Wildman–Crippen MR) is 140 cm³/mol. The van der Waals surface area contributed by atoms with E-state index in [1.54, 1.807) is 16.8 Å². The van der Waals surface area contributed by atoms with Crippen LogP contribution in [0.25, 0.3) is 22.7 Å². The molecule has 5 aromatic rings. The molecule has 0 saturated carbocycles. The number of carbonyl (C=O) groups is 1. The lowest BCUT2D eigenvalue weighted by molar-refractivity contribution is -0.136. The number of oxazole rings is 1. The second kappa shape index (κ2) is 11.1. The number of aromatic nitrogens is 3. The minimum atomic E-state index is -0.879. The molecule has 2 aromatic heterocycles. The fourth-order valence-electron chi connectivity index (χ4n) is 4.11. The van der Waals surface area contributed by atoms with Crippen LogP contribution in [0.4, 0.5) is 4.39 Å². The van der Waals surface area contributed by atoms with Crippen molar-refractivity contribution in [1.82, 2.24) is 14.8 Å². The molecule has 8 heteroatoms. The summed E-state index contributed by atoms with van der Waals surface area (Å²) in [5.74, 6) is 0.772. The second-order valence-corrected chi connectivity index (χ2v) is 8.92. The first-order valence-corrected chi connectivity index (χ1v) is 12.2. The standard InChI is InChI=1S/C30H26FN3O4/c1-20-27(32-30(38-20)23-5-3-2-4-6-23)19-37-26-14-7-21(8-15-26)17-34-18-24(11-16-28(35)36)29(33-34)22-9-12-25(31)13-10-22/h2-10,12-15,18H,11,16-17,19H2,1H3,(H,35,36). The molecule has 0 spiro atoms. The lowest BCUT2D eigenvalue weighted by Gasteiger charge is -2.07. The zero-order valence-corrected chi connectivity index (χ0v) is 20.8. The highest BCUT2D eigenvalue weighted by Gasteiger charge is 2.14. The average Bonchev–Trinajstić information content (AvgIpc) is 3.51. The Morgan fingerprint density at radius 1 is 1.00 bits per heavy atom. The summed E-state index contributed by atoms with van der Waals surface area (Å²) < 4.78 is 26.9. The third-order valence-electron chi connectivity index (χ3n) is 6.12. The lowest BCUT2D eigenvalue weighted by Crippen LogP contribution is -2.01. The van der Waals surface area contributed by atoms with Crippen molar-refractivity contribution in [2.75, 3.05) is 0 Å². The van der Waals surface area contributed by atoms with Crippen LogP contribution < -0.4 is 4.74 Å². The Balaban J connectivity index is 1.26. The largest absolute Gasteiger partial charge is 0.487 e. The molecule has 0 saturated heterocycles. The summed E-state index contributed by atoms with van der Waals surface area (Å²) in [4.78, 5) is 15.7. The van der Waals surface area contributed by atoms with Crippen LogP contribution in [0.5, 0.6) is 5.75 Å². The van der Waals surface area contributed by atoms with Crippen molar-refractivity contribution in [3.63, 3.8) is 0 Å². The van der Waals surface area contributed by atoms with Crippen molar-refractivity contribution in [3.8, 4) is 28.5 Å². The highest BCUT2D eigenvalue weighted by molar-refractivity contribution is 5.69. The van der Waals surface area contributed by atoms with E-state index in [1.165, 1.54) is 12.1 Å². The zero-order valence-electron chi connectivity index (χ0n) is 20.8. The van der Waals surface area contributed by atoms with Crippen LogP contribution in [0.15, 0.2) is 89.5 Å². The maximum Gasteiger partial charge on any atom is 0.303 e. The van der Waals surface area contributed by atoms with Crippen LogP contribution in [0.1, 0.15) is 29.0 Å². The maximum absolute atomic E-state index is 13.4. The summed E-state index contributed by atoms with van der Waals surface area (Å²) in [6.07, 6.45) is 2.18. The smallest absolute Gasteiger partial charge is 0.303 e. The molecule has 192 valence electrons. The van der Waals surface area contributed by atoms with Gasteiger partial charge in [-0.3, -0.25) is 9.48 Å². The van der Waals surface area contributed by atoms with Crippen molar-refractivity contribution < 1.29 is 23.4 Å². The van der Waals surface area contributed by atoms with E-state index in [9.17, 15) is 9.18 Å². The van der Waals surface area contributed by atoms with Crippen LogP contribution >= 0.6 is 0 Å². The van der Waals surface area contributed by atoms with Crippen LogP contribution in [0.2, 0.25) is 0 Å². The molecular weight excluding hydrogens is 485 g/mol. The molecule has 2 heterocycles. The average molecular weight is 512 g/mol. The topological polar surface area (TPSA) is 90.4 Å². The molecule has 0 fully saturated rings. The fraction of sp³-hybridized carbons (Fsp3) is 0.167. The third kappa shape index (κ3) is 5.98. The first-order valence-electron chi connectivity index (χ1n) is 12.2. The number of benzene rings is 3. The van der Waals surface area contributed by atoms with Gasteiger partial charge in [-0.2, -0.15) is 5.10 Å². The van der Waals surface area contributed by atoms with E-state index in [-0.39, 0.29) is 18.8 Å². The molecule has 0 bridgehead atoms. The molecule has 1 N–H and O–H groups in total. The Labute approximate surface area is 219 Å². The number of aliphatic carboxylic acids is 1. The molecule has 0 aliphatic rings. The summed E-state index contributed by atoms with van der Waals surface area (Å²) in [7, 11) is 0. The summed E-state index contributed by atoms with van der Waals surface area (Å²) in [6, 6.07) is 23.5. The quantitative estimate of drug-likeness (QED) is 0.237. The van der Waals surface area contributed by atoms with E-state index >= 15 is 0 Å². The van der Waals surface area contributed by atoms with Crippen LogP contribution in [-0.4, -0.2) is 25.8 Å². The van der Waals surface area contributed by atoms with E-state index in [4.69, 9.17) is 14.3 Å². The fourth-order valence-corrected chi connectivity index (χ4v) is 4.11.